The van der Waals surface area contributed by atoms with E-state index in [4.69, 9.17) is 10.8 Å². The molecule has 0 aliphatic heterocycles. The van der Waals surface area contributed by atoms with E-state index < -0.39 is 28.5 Å². The van der Waals surface area contributed by atoms with Gasteiger partial charge in [-0.05, 0) is 233 Å². The second-order valence-electron chi connectivity index (χ2n) is 29.1. The summed E-state index contributed by atoms with van der Waals surface area (Å²) in [6.07, 6.45) is 19.5. The van der Waals surface area contributed by atoms with Gasteiger partial charge in [-0.25, -0.2) is 0 Å². The molecule has 5 N–H and O–H groups in total. The highest BCUT2D eigenvalue weighted by Crippen LogP contribution is 2.80. The summed E-state index contributed by atoms with van der Waals surface area (Å²) < 4.78 is 16.7. The lowest BCUT2D eigenvalue weighted by Gasteiger charge is -2.72. The van der Waals surface area contributed by atoms with Gasteiger partial charge in [0.05, 0.1) is 57.1 Å². The van der Waals surface area contributed by atoms with Crippen molar-refractivity contribution in [2.75, 3.05) is 34.0 Å². The molecule has 0 aromatic heterocycles. The predicted molar refractivity (Wildman–Crippen MR) is 285 cm³/mol. The molecule has 0 saturated heterocycles. The molecule has 10 fully saturated rings. The monoisotopic (exact) mass is 1010 g/mol. The van der Waals surface area contributed by atoms with Gasteiger partial charge in [0.25, 0.3) is 0 Å². The fourth-order valence-electron chi connectivity index (χ4n) is 23.5. The number of methoxy groups -OCH3 is 2. The number of fused-ring (bicyclic) bond motifs is 14. The molecule has 0 bridgehead atoms. The maximum absolute atomic E-state index is 13.4. The number of hydrogen-bond donors (Lipinski definition) is 5. The van der Waals surface area contributed by atoms with Gasteiger partial charge in [0.1, 0.15) is 0 Å². The van der Waals surface area contributed by atoms with Crippen molar-refractivity contribution in [2.24, 2.45) is 113 Å². The maximum Gasteiger partial charge on any atom is 0.312 e. The molecule has 10 saturated carbocycles. The first-order chi connectivity index (χ1) is 34.2. The minimum Gasteiger partial charge on any atom is -0.469 e. The highest BCUT2D eigenvalue weighted by Gasteiger charge is 2.75. The van der Waals surface area contributed by atoms with Gasteiger partial charge in [0.15, 0.2) is 0 Å². The molecule has 10 aliphatic carbocycles. The molecular formula is C63H104O9. The van der Waals surface area contributed by atoms with Gasteiger partial charge in [0.2, 0.25) is 0 Å². The van der Waals surface area contributed by atoms with Gasteiger partial charge < -0.3 is 35.0 Å². The zero-order valence-corrected chi connectivity index (χ0v) is 47.5. The third-order valence-corrected chi connectivity index (χ3v) is 27.7. The van der Waals surface area contributed by atoms with E-state index in [1.54, 1.807) is 7.11 Å². The Morgan fingerprint density at radius 2 is 0.903 bits per heavy atom. The molecule has 0 aromatic rings. The number of carbonyl (C=O) groups excluding carboxylic acids is 2. The van der Waals surface area contributed by atoms with Crippen LogP contribution in [0.1, 0.15) is 200 Å². The van der Waals surface area contributed by atoms with Crippen LogP contribution in [0.25, 0.3) is 0 Å². The van der Waals surface area contributed by atoms with E-state index in [0.29, 0.717) is 47.3 Å². The van der Waals surface area contributed by atoms with E-state index in [2.05, 4.69) is 75.5 Å². The van der Waals surface area contributed by atoms with Crippen molar-refractivity contribution in [3.05, 3.63) is 24.3 Å². The molecule has 8 unspecified atom stereocenters. The Balaban J connectivity index is 0.000000189. The standard InChI is InChI=1S/C31H50O5.C31H50O4.CH4/c1-19(17-32)20-9-14-31(26(35)36-6)16-15-29(4)21(25(20)31)7-8-23-27(2)12-11-24(34)28(3,18-33)22(27)10-13-30(23,29)5;1-19(2)20-10-15-31(26(34)35-7)17-16-29(5)21(25(20)31)8-9-23-27(3)13-12-24(33)28(4,18-32)22(27)11-14-30(23,29)6;/h20-25,32-34H,1,7-18H2,2-6H3;20-25,32-33H,1,8-18H2,2-7H3;1H4/t2*20-,21?,22?,23?,24-,25?,27-,28-,29+,30+,31-;/m00./s1/i;;1D. The van der Waals surface area contributed by atoms with Crippen LogP contribution in [-0.4, -0.2) is 83.7 Å². The van der Waals surface area contributed by atoms with Gasteiger partial charge in [-0.15, -0.1) is 0 Å². The summed E-state index contributed by atoms with van der Waals surface area (Å²) in [6, 6.07) is 0. The van der Waals surface area contributed by atoms with E-state index in [0.717, 1.165) is 121 Å². The van der Waals surface area contributed by atoms with Crippen molar-refractivity contribution >= 4 is 11.9 Å². The van der Waals surface area contributed by atoms with Gasteiger partial charge in [-0.3, -0.25) is 9.59 Å². The van der Waals surface area contributed by atoms with Crippen LogP contribution >= 0.6 is 0 Å². The Kier molecular flexibility index (Phi) is 14.3. The quantitative estimate of drug-likeness (QED) is 0.124. The Morgan fingerprint density at radius 1 is 0.514 bits per heavy atom. The fraction of sp³-hybridized carbons (Fsp3) is 0.905. The number of esters is 2. The van der Waals surface area contributed by atoms with Gasteiger partial charge in [-0.1, -0.05) is 81.5 Å². The first-order valence-electron chi connectivity index (χ1n) is 29.9. The lowest BCUT2D eigenvalue weighted by Crippen LogP contribution is -2.67. The van der Waals surface area contributed by atoms with Crippen molar-refractivity contribution in [2.45, 2.75) is 210 Å². The van der Waals surface area contributed by atoms with E-state index in [1.807, 2.05) is 0 Å². The average molecular weight is 1010 g/mol. The normalized spacial score (nSPS) is 53.9. The van der Waals surface area contributed by atoms with Gasteiger partial charge in [-0.2, -0.15) is 0 Å². The minimum absolute atomic E-state index is 0.0104. The van der Waals surface area contributed by atoms with Crippen LogP contribution in [0, 0.1) is 113 Å². The lowest BCUT2D eigenvalue weighted by atomic mass is 9.32. The number of aliphatic hydroxyl groups is 5. The van der Waals surface area contributed by atoms with Crippen molar-refractivity contribution < 1.29 is 46.0 Å². The van der Waals surface area contributed by atoms with Crippen molar-refractivity contribution in [1.82, 2.24) is 0 Å². The topological polar surface area (TPSA) is 154 Å². The molecule has 410 valence electrons. The Bertz CT molecular complexity index is 2110. The summed E-state index contributed by atoms with van der Waals surface area (Å²) in [6.45, 7) is 30.4. The Labute approximate surface area is 438 Å². The highest BCUT2D eigenvalue weighted by atomic mass is 16.5. The zero-order chi connectivity index (χ0) is 53.9. The van der Waals surface area contributed by atoms with E-state index >= 15 is 0 Å². The van der Waals surface area contributed by atoms with Crippen LogP contribution in [0.15, 0.2) is 24.3 Å². The Morgan fingerprint density at radius 3 is 1.26 bits per heavy atom. The molecule has 10 aliphatic rings. The second-order valence-corrected chi connectivity index (χ2v) is 29.1. The number of aliphatic hydroxyl groups excluding tert-OH is 5. The van der Waals surface area contributed by atoms with Crippen molar-refractivity contribution in [3.8, 4) is 0 Å². The summed E-state index contributed by atoms with van der Waals surface area (Å²) in [4.78, 5) is 26.7. The van der Waals surface area contributed by atoms with Crippen LogP contribution in [0.4, 0.5) is 0 Å². The summed E-state index contributed by atoms with van der Waals surface area (Å²) in [5, 5.41) is 52.9. The van der Waals surface area contributed by atoms with Crippen molar-refractivity contribution in [3.63, 3.8) is 0 Å². The highest BCUT2D eigenvalue weighted by molar-refractivity contribution is 5.79. The van der Waals surface area contributed by atoms with Crippen LogP contribution in [-0.2, 0) is 19.1 Å². The summed E-state index contributed by atoms with van der Waals surface area (Å²) in [5.41, 5.74) is 1.34. The molecule has 22 atom stereocenters. The summed E-state index contributed by atoms with van der Waals surface area (Å²) in [7, 11) is 4.36. The molecule has 10 rings (SSSR count). The fourth-order valence-corrected chi connectivity index (χ4v) is 23.5. The number of rotatable bonds is 7. The molecular weight excluding hydrogens is 901 g/mol. The summed E-state index contributed by atoms with van der Waals surface area (Å²) in [5.74, 6) is 3.80. The van der Waals surface area contributed by atoms with Crippen LogP contribution in [0.5, 0.6) is 0 Å². The van der Waals surface area contributed by atoms with Gasteiger partial charge in [0, 0.05) is 12.2 Å². The average Bonchev–Trinajstić information content (AvgIpc) is 3.98. The molecule has 0 spiro atoms. The van der Waals surface area contributed by atoms with Crippen molar-refractivity contribution in [1.29, 1.82) is 0 Å². The van der Waals surface area contributed by atoms with E-state index in [1.165, 1.54) is 32.9 Å². The van der Waals surface area contributed by atoms with Crippen LogP contribution in [0.3, 0.4) is 0 Å². The summed E-state index contributed by atoms with van der Waals surface area (Å²) >= 11 is 0. The molecule has 0 aromatic carbocycles. The first-order valence-corrected chi connectivity index (χ1v) is 28.9. The Hall–Kier alpha value is -1.78. The minimum atomic E-state index is -0.448. The number of allylic oxidation sites excluding steroid dienone is 1. The SMILES string of the molecule is C=C(C)[C@@H]1CC[C@]2(C(=O)OC)CC[C@]3(C)C(CCC4[C@@]5(C)CC[C@H](O)[C@@](C)(CO)C5CC[C@]43C)C12.C=C(CO)[C@@H]1CC[C@]2(C(=O)OC)CC[C@]3(C)C(CCC4[C@@]5(C)CC[C@H](O)[C@@](C)(CO)C5CC[C@]43C)C12.[2H]C. The third-order valence-electron chi connectivity index (χ3n) is 27.7. The van der Waals surface area contributed by atoms with E-state index in [-0.39, 0.29) is 81.5 Å². The molecule has 0 radical (unpaired) electrons. The molecule has 0 heterocycles. The molecule has 9 nitrogen and oxygen atoms in total. The van der Waals surface area contributed by atoms with Crippen LogP contribution < -0.4 is 0 Å². The first kappa shape index (κ1) is 55.0. The van der Waals surface area contributed by atoms with E-state index in [9.17, 15) is 35.1 Å². The second kappa shape index (κ2) is 18.7. The number of carbonyl (C=O) groups is 2. The molecule has 9 heteroatoms. The smallest absolute Gasteiger partial charge is 0.312 e. The molecule has 0 amide bonds. The number of hydrogen-bond acceptors (Lipinski definition) is 9. The third kappa shape index (κ3) is 7.11. The molecule has 72 heavy (non-hydrogen) atoms. The predicted octanol–water partition coefficient (Wildman–Crippen LogP) is 11.9. The lowest BCUT2D eigenvalue weighted by molar-refractivity contribution is -0.254. The van der Waals surface area contributed by atoms with Crippen LogP contribution in [0.2, 0.25) is 0 Å². The largest absolute Gasteiger partial charge is 0.469 e. The number of ether oxygens (including phenoxy) is 2. The van der Waals surface area contributed by atoms with Gasteiger partial charge >= 0.3 is 11.9 Å². The maximum atomic E-state index is 13.4. The zero-order valence-electron chi connectivity index (χ0n) is 48.5.